The first kappa shape index (κ1) is 22.1. The van der Waals surface area contributed by atoms with Crippen molar-refractivity contribution in [3.05, 3.63) is 152 Å². The average Bonchev–Trinajstić information content (AvgIpc) is 3.32. The monoisotopic (exact) mass is 486 g/mol. The van der Waals surface area contributed by atoms with Crippen molar-refractivity contribution in [3.8, 4) is 27.9 Å². The quantitative estimate of drug-likeness (QED) is 0.256. The van der Waals surface area contributed by atoms with Gasteiger partial charge in [0, 0.05) is 27.7 Å². The molecule has 6 aromatic carbocycles. The Labute approximate surface area is 222 Å². The lowest BCUT2D eigenvalue weighted by Crippen LogP contribution is -1.98. The number of benzene rings is 6. The lowest BCUT2D eigenvalue weighted by atomic mass is 9.96. The lowest BCUT2D eigenvalue weighted by Gasteiger charge is -2.17. The second-order valence-electron chi connectivity index (χ2n) is 9.54. The zero-order valence-electron chi connectivity index (χ0n) is 20.9. The van der Waals surface area contributed by atoms with Crippen LogP contribution in [0.3, 0.4) is 0 Å². The van der Waals surface area contributed by atoms with Crippen molar-refractivity contribution in [2.45, 2.75) is 0 Å². The fourth-order valence-electron chi connectivity index (χ4n) is 5.41. The topological polar surface area (TPSA) is 17.0 Å². The molecule has 0 aliphatic carbocycles. The van der Waals surface area contributed by atoms with Gasteiger partial charge in [-0.15, -0.1) is 0 Å². The van der Waals surface area contributed by atoms with Crippen LogP contribution in [0.25, 0.3) is 49.7 Å². The van der Waals surface area contributed by atoms with Crippen LogP contribution in [0.2, 0.25) is 0 Å². The first-order valence-electron chi connectivity index (χ1n) is 13.0. The summed E-state index contributed by atoms with van der Waals surface area (Å²) in [6.07, 6.45) is 0. The Morgan fingerprint density at radius 1 is 0.395 bits per heavy atom. The molecule has 0 bridgehead atoms. The van der Waals surface area contributed by atoms with Crippen LogP contribution in [0.5, 0.6) is 0 Å². The van der Waals surface area contributed by atoms with Crippen molar-refractivity contribution in [2.24, 2.45) is 0 Å². The molecule has 2 heteroatoms. The molecule has 7 rings (SSSR count). The van der Waals surface area contributed by atoms with E-state index in [0.29, 0.717) is 0 Å². The van der Waals surface area contributed by atoms with E-state index in [1.807, 2.05) is 6.07 Å². The highest BCUT2D eigenvalue weighted by molar-refractivity contribution is 6.09. The summed E-state index contributed by atoms with van der Waals surface area (Å²) in [7, 11) is 0. The summed E-state index contributed by atoms with van der Waals surface area (Å²) < 4.78 is 2.41. The third-order valence-corrected chi connectivity index (χ3v) is 7.16. The molecule has 0 unspecified atom stereocenters. The van der Waals surface area contributed by atoms with Gasteiger partial charge in [-0.25, -0.2) is 0 Å². The maximum Gasteiger partial charge on any atom is 0.0541 e. The molecule has 0 saturated carbocycles. The summed E-state index contributed by atoms with van der Waals surface area (Å²) >= 11 is 0. The molecule has 7 aromatic rings. The number of nitrogens with one attached hydrogen (secondary N) is 1. The largest absolute Gasteiger partial charge is 0.356 e. The zero-order chi connectivity index (χ0) is 25.3. The molecule has 0 fully saturated rings. The Bertz CT molecular complexity index is 1830. The standard InChI is InChI=1S/C36H26N2/c1-3-12-26(13-4-1)27-22-23-36(38-34-20-9-7-18-31(34)32-19-8-10-21-35(32)38)33(25-27)28-14-11-17-30(24-28)37-29-15-5-2-6-16-29/h1-25,37H. The minimum atomic E-state index is 1.06. The van der Waals surface area contributed by atoms with Crippen molar-refractivity contribution >= 4 is 33.2 Å². The Morgan fingerprint density at radius 2 is 0.974 bits per heavy atom. The molecule has 38 heavy (non-hydrogen) atoms. The third kappa shape index (κ3) is 3.93. The molecular weight excluding hydrogens is 460 g/mol. The Hall–Kier alpha value is -5.08. The molecule has 1 aromatic heterocycles. The molecule has 0 amide bonds. The van der Waals surface area contributed by atoms with Gasteiger partial charge in [-0.3, -0.25) is 0 Å². The summed E-state index contributed by atoms with van der Waals surface area (Å²) in [5, 5.41) is 6.10. The molecule has 1 heterocycles. The van der Waals surface area contributed by atoms with Crippen LogP contribution in [-0.2, 0) is 0 Å². The number of hydrogen-bond donors (Lipinski definition) is 1. The summed E-state index contributed by atoms with van der Waals surface area (Å²) in [5.74, 6) is 0. The molecule has 0 atom stereocenters. The molecule has 0 saturated heterocycles. The summed E-state index contributed by atoms with van der Waals surface area (Å²) in [4.78, 5) is 0. The van der Waals surface area contributed by atoms with Gasteiger partial charge < -0.3 is 9.88 Å². The van der Waals surface area contributed by atoms with E-state index in [1.54, 1.807) is 0 Å². The summed E-state index contributed by atoms with van der Waals surface area (Å²) in [6.45, 7) is 0. The van der Waals surface area contributed by atoms with E-state index in [4.69, 9.17) is 0 Å². The summed E-state index contributed by atoms with van der Waals surface area (Å²) in [6, 6.07) is 53.8. The Kier molecular flexibility index (Phi) is 5.49. The SMILES string of the molecule is c1ccc(Nc2cccc(-c3cc(-c4ccccc4)ccc3-n3c4ccccc4c4ccccc43)c2)cc1. The normalized spacial score (nSPS) is 11.2. The first-order chi connectivity index (χ1) is 18.8. The summed E-state index contributed by atoms with van der Waals surface area (Å²) in [5.41, 5.74) is 10.5. The second-order valence-corrected chi connectivity index (χ2v) is 9.54. The number of nitrogens with zero attached hydrogens (tertiary/aromatic N) is 1. The number of rotatable bonds is 5. The maximum atomic E-state index is 3.57. The van der Waals surface area contributed by atoms with Gasteiger partial charge in [0.15, 0.2) is 0 Å². The van der Waals surface area contributed by atoms with Gasteiger partial charge in [0.05, 0.1) is 16.7 Å². The Balaban J connectivity index is 1.47. The molecule has 0 aliphatic rings. The minimum absolute atomic E-state index is 1.06. The van der Waals surface area contributed by atoms with Gasteiger partial charge in [-0.2, -0.15) is 0 Å². The third-order valence-electron chi connectivity index (χ3n) is 7.16. The van der Waals surface area contributed by atoms with Crippen molar-refractivity contribution in [3.63, 3.8) is 0 Å². The van der Waals surface area contributed by atoms with Crippen molar-refractivity contribution in [1.29, 1.82) is 0 Å². The molecule has 0 radical (unpaired) electrons. The van der Waals surface area contributed by atoms with E-state index in [1.165, 1.54) is 49.7 Å². The van der Waals surface area contributed by atoms with Gasteiger partial charge in [-0.05, 0) is 65.2 Å². The fraction of sp³-hybridized carbons (Fsp3) is 0. The molecule has 0 spiro atoms. The van der Waals surface area contributed by atoms with Crippen LogP contribution in [0.15, 0.2) is 152 Å². The van der Waals surface area contributed by atoms with E-state index in [0.717, 1.165) is 11.4 Å². The van der Waals surface area contributed by atoms with E-state index in [9.17, 15) is 0 Å². The van der Waals surface area contributed by atoms with Crippen LogP contribution in [-0.4, -0.2) is 4.57 Å². The predicted molar refractivity (Wildman–Crippen MR) is 161 cm³/mol. The number of para-hydroxylation sites is 3. The number of anilines is 2. The van der Waals surface area contributed by atoms with Crippen molar-refractivity contribution < 1.29 is 0 Å². The molecule has 1 N–H and O–H groups in total. The van der Waals surface area contributed by atoms with Gasteiger partial charge in [0.2, 0.25) is 0 Å². The van der Waals surface area contributed by atoms with E-state index >= 15 is 0 Å². The molecule has 0 aliphatic heterocycles. The van der Waals surface area contributed by atoms with Crippen LogP contribution < -0.4 is 5.32 Å². The lowest BCUT2D eigenvalue weighted by molar-refractivity contribution is 1.18. The van der Waals surface area contributed by atoms with Crippen LogP contribution in [0, 0.1) is 0 Å². The highest BCUT2D eigenvalue weighted by Crippen LogP contribution is 2.38. The van der Waals surface area contributed by atoms with Crippen LogP contribution >= 0.6 is 0 Å². The predicted octanol–water partition coefficient (Wildman–Crippen LogP) is 9.86. The first-order valence-corrected chi connectivity index (χ1v) is 13.0. The van der Waals surface area contributed by atoms with Gasteiger partial charge >= 0.3 is 0 Å². The van der Waals surface area contributed by atoms with E-state index in [-0.39, 0.29) is 0 Å². The molecule has 180 valence electrons. The fourth-order valence-corrected chi connectivity index (χ4v) is 5.41. The van der Waals surface area contributed by atoms with Crippen LogP contribution in [0.4, 0.5) is 11.4 Å². The average molecular weight is 487 g/mol. The van der Waals surface area contributed by atoms with Gasteiger partial charge in [0.1, 0.15) is 0 Å². The van der Waals surface area contributed by atoms with Crippen LogP contribution in [0.1, 0.15) is 0 Å². The number of aromatic nitrogens is 1. The van der Waals surface area contributed by atoms with Crippen molar-refractivity contribution in [2.75, 3.05) is 5.32 Å². The number of fused-ring (bicyclic) bond motifs is 3. The second kappa shape index (κ2) is 9.42. The van der Waals surface area contributed by atoms with E-state index in [2.05, 4.69) is 155 Å². The molecular formula is C36H26N2. The van der Waals surface area contributed by atoms with Gasteiger partial charge in [0.25, 0.3) is 0 Å². The van der Waals surface area contributed by atoms with Crippen molar-refractivity contribution in [1.82, 2.24) is 4.57 Å². The smallest absolute Gasteiger partial charge is 0.0541 e. The highest BCUT2D eigenvalue weighted by atomic mass is 15.0. The Morgan fingerprint density at radius 3 is 1.68 bits per heavy atom. The van der Waals surface area contributed by atoms with E-state index < -0.39 is 0 Å². The molecule has 2 nitrogen and oxygen atoms in total. The highest BCUT2D eigenvalue weighted by Gasteiger charge is 2.16. The minimum Gasteiger partial charge on any atom is -0.356 e. The number of hydrogen-bond acceptors (Lipinski definition) is 1. The van der Waals surface area contributed by atoms with Gasteiger partial charge in [-0.1, -0.05) is 103 Å². The zero-order valence-corrected chi connectivity index (χ0v) is 20.9. The maximum absolute atomic E-state index is 3.57.